The molecule has 4 heterocycles. The highest BCUT2D eigenvalue weighted by Crippen LogP contribution is 2.30. The maximum Gasteiger partial charge on any atom is 0.221 e. The van der Waals surface area contributed by atoms with Gasteiger partial charge in [-0.1, -0.05) is 36.4 Å². The molecule has 1 aliphatic heterocycles. The molecule has 1 unspecified atom stereocenters. The van der Waals surface area contributed by atoms with Crippen LogP contribution in [0.1, 0.15) is 5.56 Å². The Balaban J connectivity index is 0.00000294. The Labute approximate surface area is 221 Å². The van der Waals surface area contributed by atoms with Crippen LogP contribution in [0.15, 0.2) is 73.1 Å². The monoisotopic (exact) mass is 533 g/mol. The predicted molar refractivity (Wildman–Crippen MR) is 149 cm³/mol. The SMILES string of the molecule is CS(=O)Nc1nc2c(F)cccc2c2nc(-c3ccccc3CN3CCN(c4ccccn4)CC3)cn12.O. The average molecular weight is 534 g/mol. The second-order valence-electron chi connectivity index (χ2n) is 9.06. The van der Waals surface area contributed by atoms with Crippen molar-refractivity contribution in [3.05, 3.63) is 84.4 Å². The normalized spacial score (nSPS) is 14.9. The minimum atomic E-state index is -1.38. The van der Waals surface area contributed by atoms with E-state index >= 15 is 0 Å². The number of para-hydroxylation sites is 1. The van der Waals surface area contributed by atoms with Crippen molar-refractivity contribution in [3.8, 4) is 11.3 Å². The van der Waals surface area contributed by atoms with Crippen molar-refractivity contribution < 1.29 is 14.1 Å². The van der Waals surface area contributed by atoms with Gasteiger partial charge < -0.3 is 10.4 Å². The first-order valence-electron chi connectivity index (χ1n) is 12.1. The minimum Gasteiger partial charge on any atom is -0.412 e. The Bertz CT molecular complexity index is 1600. The van der Waals surface area contributed by atoms with Gasteiger partial charge in [0.25, 0.3) is 0 Å². The van der Waals surface area contributed by atoms with Crippen LogP contribution in [-0.4, -0.2) is 66.4 Å². The molecule has 0 saturated carbocycles. The molecule has 6 rings (SSSR count). The van der Waals surface area contributed by atoms with E-state index in [1.807, 2.05) is 36.7 Å². The van der Waals surface area contributed by atoms with Gasteiger partial charge in [-0.25, -0.2) is 23.6 Å². The number of rotatable bonds is 6. The summed E-state index contributed by atoms with van der Waals surface area (Å²) >= 11 is 0. The van der Waals surface area contributed by atoms with Gasteiger partial charge >= 0.3 is 0 Å². The lowest BCUT2D eigenvalue weighted by atomic mass is 10.0. The van der Waals surface area contributed by atoms with Crippen molar-refractivity contribution in [2.45, 2.75) is 6.54 Å². The number of imidazole rings is 1. The molecule has 0 amide bonds. The highest BCUT2D eigenvalue weighted by atomic mass is 32.2. The van der Waals surface area contributed by atoms with Crippen LogP contribution < -0.4 is 9.62 Å². The first-order valence-corrected chi connectivity index (χ1v) is 13.7. The molecular weight excluding hydrogens is 505 g/mol. The van der Waals surface area contributed by atoms with Gasteiger partial charge in [0.15, 0.2) is 0 Å². The molecule has 0 aliphatic carbocycles. The van der Waals surface area contributed by atoms with Crippen LogP contribution >= 0.6 is 0 Å². The van der Waals surface area contributed by atoms with E-state index in [0.29, 0.717) is 11.0 Å². The number of pyridine rings is 1. The summed E-state index contributed by atoms with van der Waals surface area (Å²) in [6.07, 6.45) is 5.22. The van der Waals surface area contributed by atoms with Crippen LogP contribution in [0.4, 0.5) is 16.2 Å². The number of fused-ring (bicyclic) bond motifs is 3. The molecule has 38 heavy (non-hydrogen) atoms. The van der Waals surface area contributed by atoms with E-state index in [-0.39, 0.29) is 16.9 Å². The van der Waals surface area contributed by atoms with Crippen LogP contribution in [0.25, 0.3) is 27.8 Å². The number of aromatic nitrogens is 4. The standard InChI is InChI=1S/C27H26FN7OS.H2O/c1-37(36)32-27-31-25-21(9-6-10-22(25)28)26-30-23(18-35(26)27)20-8-3-2-7-19(20)17-33-13-15-34(16-14-33)24-11-4-5-12-29-24;/h2-12,18H,13-17H2,1H3,(H,31,32);1H2. The van der Waals surface area contributed by atoms with Crippen LogP contribution in [0, 0.1) is 5.82 Å². The number of halogens is 1. The number of nitrogens with one attached hydrogen (secondary N) is 1. The lowest BCUT2D eigenvalue weighted by Crippen LogP contribution is -2.46. The summed E-state index contributed by atoms with van der Waals surface area (Å²) in [5, 5.41) is 0.599. The Morgan fingerprint density at radius 1 is 0.974 bits per heavy atom. The summed E-state index contributed by atoms with van der Waals surface area (Å²) in [4.78, 5) is 18.6. The summed E-state index contributed by atoms with van der Waals surface area (Å²) < 4.78 is 31.1. The number of nitrogens with zero attached hydrogens (tertiary/aromatic N) is 6. The van der Waals surface area contributed by atoms with Gasteiger partial charge in [0.1, 0.15) is 33.8 Å². The van der Waals surface area contributed by atoms with Crippen LogP contribution in [-0.2, 0) is 17.5 Å². The summed E-state index contributed by atoms with van der Waals surface area (Å²) in [5.41, 5.74) is 3.68. The van der Waals surface area contributed by atoms with E-state index in [0.717, 1.165) is 55.4 Å². The Kier molecular flexibility index (Phi) is 7.32. The highest BCUT2D eigenvalue weighted by molar-refractivity contribution is 7.85. The van der Waals surface area contributed by atoms with E-state index in [2.05, 4.69) is 42.7 Å². The van der Waals surface area contributed by atoms with Crippen LogP contribution in [0.5, 0.6) is 0 Å². The number of hydrogen-bond donors (Lipinski definition) is 1. The maximum atomic E-state index is 14.6. The lowest BCUT2D eigenvalue weighted by Gasteiger charge is -2.35. The van der Waals surface area contributed by atoms with E-state index < -0.39 is 16.8 Å². The van der Waals surface area contributed by atoms with Crippen LogP contribution in [0.3, 0.4) is 0 Å². The van der Waals surface area contributed by atoms with Crippen molar-refractivity contribution in [3.63, 3.8) is 0 Å². The smallest absolute Gasteiger partial charge is 0.221 e. The molecule has 3 N–H and O–H groups in total. The molecule has 1 saturated heterocycles. The largest absolute Gasteiger partial charge is 0.412 e. The summed E-state index contributed by atoms with van der Waals surface area (Å²) in [5.74, 6) is 0.858. The molecule has 0 bridgehead atoms. The molecule has 1 fully saturated rings. The molecule has 1 aliphatic rings. The molecule has 9 nitrogen and oxygen atoms in total. The molecular formula is C27H28FN7O2S. The minimum absolute atomic E-state index is 0. The summed E-state index contributed by atoms with van der Waals surface area (Å²) in [6, 6.07) is 19.0. The Hall–Kier alpha value is -3.93. The zero-order valence-corrected chi connectivity index (χ0v) is 21.7. The second kappa shape index (κ2) is 10.8. The van der Waals surface area contributed by atoms with Crippen LogP contribution in [0.2, 0.25) is 0 Å². The lowest BCUT2D eigenvalue weighted by molar-refractivity contribution is 0.249. The molecule has 5 aromatic rings. The number of anilines is 2. The van der Waals surface area contributed by atoms with Crippen molar-refractivity contribution in [1.82, 2.24) is 24.3 Å². The molecule has 1 atom stereocenters. The summed E-state index contributed by atoms with van der Waals surface area (Å²) in [7, 11) is -1.38. The first-order chi connectivity index (χ1) is 18.1. The second-order valence-corrected chi connectivity index (χ2v) is 10.2. The van der Waals surface area contributed by atoms with E-state index in [1.54, 1.807) is 16.5 Å². The molecule has 3 aromatic heterocycles. The highest BCUT2D eigenvalue weighted by Gasteiger charge is 2.21. The summed E-state index contributed by atoms with van der Waals surface area (Å²) in [6.45, 7) is 4.48. The third-order valence-corrected chi connectivity index (χ3v) is 7.12. The van der Waals surface area contributed by atoms with Crippen molar-refractivity contribution in [2.75, 3.05) is 42.1 Å². The van der Waals surface area contributed by atoms with E-state index in [4.69, 9.17) is 4.98 Å². The molecule has 196 valence electrons. The topological polar surface area (TPSA) is 110 Å². The number of benzene rings is 2. The zero-order valence-electron chi connectivity index (χ0n) is 20.8. The zero-order chi connectivity index (χ0) is 25.4. The van der Waals surface area contributed by atoms with Gasteiger partial charge in [-0.2, -0.15) is 0 Å². The average Bonchev–Trinajstić information content (AvgIpc) is 3.36. The fraction of sp³-hybridized carbons (Fsp3) is 0.222. The van der Waals surface area contributed by atoms with E-state index in [1.165, 1.54) is 12.3 Å². The van der Waals surface area contributed by atoms with Gasteiger partial charge in [-0.05, 0) is 29.8 Å². The fourth-order valence-corrected chi connectivity index (χ4v) is 5.26. The van der Waals surface area contributed by atoms with E-state index in [9.17, 15) is 8.60 Å². The quantitative estimate of drug-likeness (QED) is 0.359. The predicted octanol–water partition coefficient (Wildman–Crippen LogP) is 3.29. The molecule has 2 aromatic carbocycles. The van der Waals surface area contributed by atoms with Gasteiger partial charge in [0.05, 0.1) is 5.69 Å². The fourth-order valence-electron chi connectivity index (χ4n) is 4.86. The number of piperazine rings is 1. The number of hydrogen-bond acceptors (Lipinski definition) is 6. The Morgan fingerprint density at radius 2 is 1.76 bits per heavy atom. The molecule has 0 spiro atoms. The van der Waals surface area contributed by atoms with Crippen molar-refractivity contribution >= 4 is 39.3 Å². The molecule has 0 radical (unpaired) electrons. The van der Waals surface area contributed by atoms with Crippen molar-refractivity contribution in [2.24, 2.45) is 0 Å². The third-order valence-electron chi connectivity index (χ3n) is 6.65. The first kappa shape index (κ1) is 25.7. The Morgan fingerprint density at radius 3 is 2.53 bits per heavy atom. The van der Waals surface area contributed by atoms with Gasteiger partial charge in [-0.15, -0.1) is 0 Å². The third kappa shape index (κ3) is 4.95. The van der Waals surface area contributed by atoms with Gasteiger partial charge in [0.2, 0.25) is 5.95 Å². The molecule has 11 heteroatoms. The maximum absolute atomic E-state index is 14.6. The van der Waals surface area contributed by atoms with Crippen molar-refractivity contribution in [1.29, 1.82) is 0 Å². The van der Waals surface area contributed by atoms with Gasteiger partial charge in [0, 0.05) is 62.3 Å². The van der Waals surface area contributed by atoms with Gasteiger partial charge in [-0.3, -0.25) is 14.0 Å².